The molecule has 18 heavy (non-hydrogen) atoms. The first-order valence-electron chi connectivity index (χ1n) is 7.38. The summed E-state index contributed by atoms with van der Waals surface area (Å²) in [6, 6.07) is 4.14. The predicted octanol–water partition coefficient (Wildman–Crippen LogP) is 3.89. The Bertz CT molecular complexity index is 436. The molecule has 0 spiro atoms. The van der Waals surface area contributed by atoms with E-state index in [0.717, 1.165) is 17.6 Å². The molecule has 2 heteroatoms. The molecule has 3 unspecified atom stereocenters. The van der Waals surface area contributed by atoms with Gasteiger partial charge in [0.2, 0.25) is 0 Å². The maximum absolute atomic E-state index is 6.60. The van der Waals surface area contributed by atoms with Crippen molar-refractivity contribution in [2.45, 2.75) is 51.5 Å². The van der Waals surface area contributed by atoms with Crippen LogP contribution in [0.3, 0.4) is 0 Å². The van der Waals surface area contributed by atoms with Crippen LogP contribution >= 0.6 is 0 Å². The summed E-state index contributed by atoms with van der Waals surface area (Å²) in [5.41, 5.74) is 7.50. The lowest BCUT2D eigenvalue weighted by molar-refractivity contribution is -0.116. The molecule has 1 heterocycles. The van der Waals surface area contributed by atoms with Crippen molar-refractivity contribution in [2.75, 3.05) is 0 Å². The Morgan fingerprint density at radius 1 is 1.28 bits per heavy atom. The molecule has 98 valence electrons. The fraction of sp³-hybridized carbons (Fsp3) is 0.750. The van der Waals surface area contributed by atoms with E-state index < -0.39 is 0 Å². The minimum absolute atomic E-state index is 0.109. The standard InChI is InChI=1S/C16H23NO/c1-15-6-11-5-12(7-15)9-16(8-11,10-15)14(17)13-3-2-4-18-13/h2-4,11-12,14H,5-10,17H2,1H3. The van der Waals surface area contributed by atoms with Crippen molar-refractivity contribution in [3.63, 3.8) is 0 Å². The van der Waals surface area contributed by atoms with Crippen LogP contribution in [0.4, 0.5) is 0 Å². The Hall–Kier alpha value is -0.760. The van der Waals surface area contributed by atoms with E-state index in [1.807, 2.05) is 6.07 Å². The zero-order valence-electron chi connectivity index (χ0n) is 11.2. The van der Waals surface area contributed by atoms with Gasteiger partial charge in [-0.1, -0.05) is 6.92 Å². The van der Waals surface area contributed by atoms with Crippen molar-refractivity contribution in [1.82, 2.24) is 0 Å². The molecule has 3 atom stereocenters. The Labute approximate surface area is 109 Å². The zero-order valence-corrected chi connectivity index (χ0v) is 11.2. The Balaban J connectivity index is 1.71. The molecule has 0 aliphatic heterocycles. The molecule has 2 N–H and O–H groups in total. The van der Waals surface area contributed by atoms with E-state index in [0.29, 0.717) is 10.8 Å². The molecule has 5 rings (SSSR count). The average Bonchev–Trinajstić information content (AvgIpc) is 2.77. The molecule has 4 saturated carbocycles. The van der Waals surface area contributed by atoms with E-state index in [9.17, 15) is 0 Å². The van der Waals surface area contributed by atoms with Gasteiger partial charge in [-0.05, 0) is 73.3 Å². The van der Waals surface area contributed by atoms with E-state index >= 15 is 0 Å². The second-order valence-corrected chi connectivity index (χ2v) is 7.63. The van der Waals surface area contributed by atoms with Gasteiger partial charge in [0, 0.05) is 0 Å². The number of furan rings is 1. The second kappa shape index (κ2) is 3.41. The smallest absolute Gasteiger partial charge is 0.121 e. The molecule has 4 bridgehead atoms. The summed E-state index contributed by atoms with van der Waals surface area (Å²) in [4.78, 5) is 0. The van der Waals surface area contributed by atoms with Gasteiger partial charge in [-0.25, -0.2) is 0 Å². The minimum Gasteiger partial charge on any atom is -0.468 e. The first kappa shape index (κ1) is 11.1. The third-order valence-corrected chi connectivity index (χ3v) is 5.91. The van der Waals surface area contributed by atoms with Crippen LogP contribution in [0.15, 0.2) is 22.8 Å². The van der Waals surface area contributed by atoms with Crippen molar-refractivity contribution >= 4 is 0 Å². The largest absolute Gasteiger partial charge is 0.468 e. The lowest BCUT2D eigenvalue weighted by Crippen LogP contribution is -2.54. The van der Waals surface area contributed by atoms with Gasteiger partial charge in [-0.2, -0.15) is 0 Å². The van der Waals surface area contributed by atoms with Crippen LogP contribution in [-0.4, -0.2) is 0 Å². The number of hydrogen-bond donors (Lipinski definition) is 1. The van der Waals surface area contributed by atoms with Crippen molar-refractivity contribution in [1.29, 1.82) is 0 Å². The van der Waals surface area contributed by atoms with Gasteiger partial charge < -0.3 is 10.2 Å². The van der Waals surface area contributed by atoms with Crippen LogP contribution in [-0.2, 0) is 0 Å². The minimum atomic E-state index is 0.109. The van der Waals surface area contributed by atoms with Gasteiger partial charge in [-0.3, -0.25) is 0 Å². The molecule has 0 amide bonds. The Morgan fingerprint density at radius 2 is 2.00 bits per heavy atom. The van der Waals surface area contributed by atoms with E-state index in [2.05, 4.69) is 13.0 Å². The molecule has 4 fully saturated rings. The van der Waals surface area contributed by atoms with E-state index in [-0.39, 0.29) is 6.04 Å². The van der Waals surface area contributed by atoms with Crippen LogP contribution in [0.5, 0.6) is 0 Å². The molecule has 2 nitrogen and oxygen atoms in total. The second-order valence-electron chi connectivity index (χ2n) is 7.63. The van der Waals surface area contributed by atoms with Gasteiger partial charge in [0.1, 0.15) is 5.76 Å². The van der Waals surface area contributed by atoms with Crippen LogP contribution in [0.25, 0.3) is 0 Å². The summed E-state index contributed by atoms with van der Waals surface area (Å²) < 4.78 is 5.59. The molecule has 0 saturated heterocycles. The fourth-order valence-corrected chi connectivity index (χ4v) is 5.93. The average molecular weight is 245 g/mol. The van der Waals surface area contributed by atoms with Gasteiger partial charge in [0.15, 0.2) is 0 Å². The third-order valence-electron chi connectivity index (χ3n) is 5.91. The van der Waals surface area contributed by atoms with Crippen molar-refractivity contribution in [2.24, 2.45) is 28.4 Å². The van der Waals surface area contributed by atoms with Gasteiger partial charge in [0.25, 0.3) is 0 Å². The molecule has 4 aliphatic carbocycles. The highest BCUT2D eigenvalue weighted by Crippen LogP contribution is 2.67. The SMILES string of the molecule is CC12CC3CC(C1)CC(C(N)c1ccco1)(C3)C2. The van der Waals surface area contributed by atoms with Crippen molar-refractivity contribution < 1.29 is 4.42 Å². The summed E-state index contributed by atoms with van der Waals surface area (Å²) in [5, 5.41) is 0. The van der Waals surface area contributed by atoms with Crippen LogP contribution in [0, 0.1) is 22.7 Å². The Kier molecular flexibility index (Phi) is 2.10. The molecule has 0 radical (unpaired) electrons. The fourth-order valence-electron chi connectivity index (χ4n) is 5.93. The molecular formula is C16H23NO. The van der Waals surface area contributed by atoms with E-state index in [4.69, 9.17) is 10.2 Å². The maximum Gasteiger partial charge on any atom is 0.121 e. The van der Waals surface area contributed by atoms with Crippen molar-refractivity contribution in [3.05, 3.63) is 24.2 Å². The van der Waals surface area contributed by atoms with Crippen LogP contribution < -0.4 is 5.73 Å². The Morgan fingerprint density at radius 3 is 2.56 bits per heavy atom. The summed E-state index contributed by atoms with van der Waals surface area (Å²) in [6.07, 6.45) is 10.1. The van der Waals surface area contributed by atoms with Crippen LogP contribution in [0.2, 0.25) is 0 Å². The van der Waals surface area contributed by atoms with E-state index in [1.165, 1.54) is 38.5 Å². The molecule has 0 aromatic carbocycles. The number of rotatable bonds is 2. The number of hydrogen-bond acceptors (Lipinski definition) is 2. The van der Waals surface area contributed by atoms with Crippen LogP contribution in [0.1, 0.15) is 57.3 Å². The quantitative estimate of drug-likeness (QED) is 0.858. The summed E-state index contributed by atoms with van der Waals surface area (Å²) in [7, 11) is 0. The van der Waals surface area contributed by atoms with Gasteiger partial charge in [0.05, 0.1) is 12.3 Å². The van der Waals surface area contributed by atoms with Gasteiger partial charge in [-0.15, -0.1) is 0 Å². The summed E-state index contributed by atoms with van der Waals surface area (Å²) in [5.74, 6) is 2.86. The topological polar surface area (TPSA) is 39.2 Å². The summed E-state index contributed by atoms with van der Waals surface area (Å²) >= 11 is 0. The molecule has 1 aromatic rings. The highest BCUT2D eigenvalue weighted by Gasteiger charge is 2.58. The van der Waals surface area contributed by atoms with Crippen molar-refractivity contribution in [3.8, 4) is 0 Å². The van der Waals surface area contributed by atoms with Gasteiger partial charge >= 0.3 is 0 Å². The molecule has 4 aliphatic rings. The maximum atomic E-state index is 6.60. The number of nitrogens with two attached hydrogens (primary N) is 1. The highest BCUT2D eigenvalue weighted by molar-refractivity contribution is 5.15. The molecule has 1 aromatic heterocycles. The van der Waals surface area contributed by atoms with E-state index in [1.54, 1.807) is 6.26 Å². The first-order chi connectivity index (χ1) is 8.59. The monoisotopic (exact) mass is 245 g/mol. The lowest BCUT2D eigenvalue weighted by Gasteiger charge is -2.62. The summed E-state index contributed by atoms with van der Waals surface area (Å²) in [6.45, 7) is 2.49. The first-order valence-corrected chi connectivity index (χ1v) is 7.38. The highest BCUT2D eigenvalue weighted by atomic mass is 16.3. The molecular weight excluding hydrogens is 222 g/mol. The normalized spacial score (nSPS) is 47.4. The zero-order chi connectivity index (χ0) is 12.4. The predicted molar refractivity (Wildman–Crippen MR) is 70.9 cm³/mol. The lowest BCUT2D eigenvalue weighted by atomic mass is 9.43. The third kappa shape index (κ3) is 1.45.